The van der Waals surface area contributed by atoms with Crippen LogP contribution in [-0.2, 0) is 18.0 Å². The summed E-state index contributed by atoms with van der Waals surface area (Å²) >= 11 is 0. The second-order valence-electron chi connectivity index (χ2n) is 8.20. The van der Waals surface area contributed by atoms with Crippen LogP contribution in [-0.4, -0.2) is 45.2 Å². The van der Waals surface area contributed by atoms with Crippen molar-refractivity contribution in [3.8, 4) is 17.2 Å². The lowest BCUT2D eigenvalue weighted by atomic mass is 9.97. The molecule has 0 spiro atoms. The molecule has 3 aromatic rings. The molecule has 174 valence electrons. The van der Waals surface area contributed by atoms with E-state index in [-0.39, 0.29) is 0 Å². The van der Waals surface area contributed by atoms with Gasteiger partial charge in [0.25, 0.3) is 0 Å². The lowest BCUT2D eigenvalue weighted by molar-refractivity contribution is 0.107. The Morgan fingerprint density at radius 3 is 2.24 bits per heavy atom. The van der Waals surface area contributed by atoms with E-state index in [1.165, 1.54) is 22.4 Å². The highest BCUT2D eigenvalue weighted by atomic mass is 16.5. The van der Waals surface area contributed by atoms with E-state index in [1.807, 2.05) is 12.1 Å². The molecule has 0 atom stereocenters. The number of methoxy groups -OCH3 is 3. The third-order valence-electron chi connectivity index (χ3n) is 6.14. The summed E-state index contributed by atoms with van der Waals surface area (Å²) in [6, 6.07) is 20.8. The largest absolute Gasteiger partial charge is 0.493 e. The maximum Gasteiger partial charge on any atom is 0.203 e. The topological polar surface area (TPSA) is 52.5 Å². The van der Waals surface area contributed by atoms with E-state index in [4.69, 9.17) is 23.9 Å². The summed E-state index contributed by atoms with van der Waals surface area (Å²) in [7, 11) is 4.82. The van der Waals surface area contributed by atoms with Gasteiger partial charge in [0.1, 0.15) is 5.84 Å². The van der Waals surface area contributed by atoms with Crippen molar-refractivity contribution in [3.05, 3.63) is 88.5 Å². The van der Waals surface area contributed by atoms with Crippen molar-refractivity contribution in [1.29, 1.82) is 0 Å². The Morgan fingerprint density at radius 1 is 0.824 bits per heavy atom. The van der Waals surface area contributed by atoms with Crippen molar-refractivity contribution in [2.45, 2.75) is 13.2 Å². The number of fused-ring (bicyclic) bond motifs is 3. The first-order valence-electron chi connectivity index (χ1n) is 11.3. The van der Waals surface area contributed by atoms with E-state index < -0.39 is 0 Å². The molecule has 6 nitrogen and oxygen atoms in total. The quantitative estimate of drug-likeness (QED) is 0.477. The molecule has 0 N–H and O–H groups in total. The van der Waals surface area contributed by atoms with Gasteiger partial charge in [-0.25, -0.2) is 0 Å². The molecule has 5 rings (SSSR count). The molecule has 2 aliphatic rings. The van der Waals surface area contributed by atoms with Crippen molar-refractivity contribution >= 4 is 17.6 Å². The van der Waals surface area contributed by atoms with Gasteiger partial charge >= 0.3 is 0 Å². The highest BCUT2D eigenvalue weighted by Crippen LogP contribution is 2.38. The van der Waals surface area contributed by atoms with Gasteiger partial charge in [-0.2, -0.15) is 0 Å². The fraction of sp³-hybridized carbons (Fsp3) is 0.250. The number of nitrogens with zero attached hydrogens (tertiary/aromatic N) is 2. The van der Waals surface area contributed by atoms with E-state index in [1.54, 1.807) is 21.3 Å². The Balaban J connectivity index is 1.28. The third kappa shape index (κ3) is 4.13. The van der Waals surface area contributed by atoms with Crippen molar-refractivity contribution in [2.24, 2.45) is 4.99 Å². The average Bonchev–Trinajstić information content (AvgIpc) is 3.38. The minimum atomic E-state index is 0.438. The minimum absolute atomic E-state index is 0.438. The molecular formula is C28H28N2O4. The van der Waals surface area contributed by atoms with E-state index in [2.05, 4.69) is 59.5 Å². The van der Waals surface area contributed by atoms with E-state index in [9.17, 15) is 0 Å². The van der Waals surface area contributed by atoms with E-state index in [0.29, 0.717) is 30.5 Å². The molecule has 0 bridgehead atoms. The maximum absolute atomic E-state index is 5.98. The highest BCUT2D eigenvalue weighted by molar-refractivity contribution is 6.12. The first-order valence-corrected chi connectivity index (χ1v) is 11.3. The zero-order valence-electron chi connectivity index (χ0n) is 19.7. The van der Waals surface area contributed by atoms with Gasteiger partial charge in [0.05, 0.1) is 46.8 Å². The van der Waals surface area contributed by atoms with Crippen LogP contribution in [0.5, 0.6) is 17.2 Å². The Bertz CT molecular complexity index is 1220. The summed E-state index contributed by atoms with van der Waals surface area (Å²) in [5, 5.41) is 0. The number of aliphatic imine (C=N–C) groups is 1. The molecule has 0 amide bonds. The molecule has 34 heavy (non-hydrogen) atoms. The van der Waals surface area contributed by atoms with Crippen molar-refractivity contribution in [2.75, 3.05) is 34.4 Å². The highest BCUT2D eigenvalue weighted by Gasteiger charge is 2.28. The van der Waals surface area contributed by atoms with Crippen LogP contribution < -0.4 is 14.2 Å². The van der Waals surface area contributed by atoms with Crippen LogP contribution in [0.25, 0.3) is 11.8 Å². The summed E-state index contributed by atoms with van der Waals surface area (Å²) in [5.74, 6) is 2.90. The molecule has 0 aliphatic carbocycles. The number of ether oxygens (including phenoxy) is 4. The van der Waals surface area contributed by atoms with Gasteiger partial charge in [-0.15, -0.1) is 0 Å². The van der Waals surface area contributed by atoms with Gasteiger partial charge in [0, 0.05) is 12.1 Å². The normalized spacial score (nSPS) is 14.1. The smallest absolute Gasteiger partial charge is 0.203 e. The summed E-state index contributed by atoms with van der Waals surface area (Å²) in [6.45, 7) is 2.69. The molecule has 0 saturated heterocycles. The van der Waals surface area contributed by atoms with Gasteiger partial charge in [0.2, 0.25) is 5.75 Å². The Labute approximate surface area is 200 Å². The Kier molecular flexibility index (Phi) is 6.23. The minimum Gasteiger partial charge on any atom is -0.493 e. The number of hydrogen-bond donors (Lipinski definition) is 0. The first kappa shape index (κ1) is 22.0. The van der Waals surface area contributed by atoms with Crippen LogP contribution in [0, 0.1) is 0 Å². The second kappa shape index (κ2) is 9.61. The second-order valence-corrected chi connectivity index (χ2v) is 8.20. The van der Waals surface area contributed by atoms with Crippen LogP contribution in [0.2, 0.25) is 0 Å². The fourth-order valence-corrected chi connectivity index (χ4v) is 4.48. The molecule has 0 fully saturated rings. The molecule has 0 aromatic heterocycles. The number of hydrogen-bond acceptors (Lipinski definition) is 6. The monoisotopic (exact) mass is 456 g/mol. The average molecular weight is 457 g/mol. The SMILES string of the molecule is COc1cc(COCc2ccc(C3=Cc4ccccc4C4=NCCN34)cc2)cc(OC)c1OC. The van der Waals surface area contributed by atoms with Gasteiger partial charge in [-0.3, -0.25) is 4.99 Å². The van der Waals surface area contributed by atoms with Crippen molar-refractivity contribution in [3.63, 3.8) is 0 Å². The first-order chi connectivity index (χ1) is 16.7. The molecule has 6 heteroatoms. The lowest BCUT2D eigenvalue weighted by Gasteiger charge is -2.29. The number of benzene rings is 3. The number of rotatable bonds is 8. The molecule has 2 heterocycles. The molecular weight excluding hydrogens is 428 g/mol. The molecule has 0 unspecified atom stereocenters. The zero-order valence-corrected chi connectivity index (χ0v) is 19.7. The van der Waals surface area contributed by atoms with Crippen LogP contribution in [0.4, 0.5) is 0 Å². The summed E-state index contributed by atoms with van der Waals surface area (Å²) < 4.78 is 22.2. The summed E-state index contributed by atoms with van der Waals surface area (Å²) in [6.07, 6.45) is 2.26. The number of amidine groups is 1. The van der Waals surface area contributed by atoms with Gasteiger partial charge in [0.15, 0.2) is 11.5 Å². The summed E-state index contributed by atoms with van der Waals surface area (Å²) in [4.78, 5) is 7.07. The standard InChI is InChI=1S/C28H28N2O4/c1-31-25-14-20(15-26(32-2)27(25)33-3)18-34-17-19-8-10-21(11-9-19)24-16-22-6-4-5-7-23(22)28-29-12-13-30(24)28/h4-11,14-16H,12-13,17-18H2,1-3H3. The maximum atomic E-state index is 5.98. The van der Waals surface area contributed by atoms with Crippen molar-refractivity contribution < 1.29 is 18.9 Å². The van der Waals surface area contributed by atoms with Crippen LogP contribution in [0.15, 0.2) is 65.7 Å². The van der Waals surface area contributed by atoms with Crippen LogP contribution in [0.1, 0.15) is 27.8 Å². The molecule has 3 aromatic carbocycles. The zero-order chi connectivity index (χ0) is 23.5. The van der Waals surface area contributed by atoms with E-state index in [0.717, 1.165) is 30.1 Å². The van der Waals surface area contributed by atoms with E-state index >= 15 is 0 Å². The predicted octanol–water partition coefficient (Wildman–Crippen LogP) is 5.00. The molecule has 0 radical (unpaired) electrons. The lowest BCUT2D eigenvalue weighted by Crippen LogP contribution is -2.30. The van der Waals surface area contributed by atoms with Crippen LogP contribution in [0.3, 0.4) is 0 Å². The fourth-order valence-electron chi connectivity index (χ4n) is 4.48. The molecule has 2 aliphatic heterocycles. The van der Waals surface area contributed by atoms with Crippen LogP contribution >= 0.6 is 0 Å². The Morgan fingerprint density at radius 2 is 1.53 bits per heavy atom. The van der Waals surface area contributed by atoms with Gasteiger partial charge in [-0.05, 0) is 40.5 Å². The predicted molar refractivity (Wildman–Crippen MR) is 133 cm³/mol. The van der Waals surface area contributed by atoms with Crippen molar-refractivity contribution in [1.82, 2.24) is 4.90 Å². The molecule has 0 saturated carbocycles. The third-order valence-corrected chi connectivity index (χ3v) is 6.14. The Hall–Kier alpha value is -3.77. The summed E-state index contributed by atoms with van der Waals surface area (Å²) in [5.41, 5.74) is 6.87. The van der Waals surface area contributed by atoms with Gasteiger partial charge in [-0.1, -0.05) is 48.5 Å². The van der Waals surface area contributed by atoms with Gasteiger partial charge < -0.3 is 23.8 Å².